The van der Waals surface area contributed by atoms with E-state index in [1.807, 2.05) is 0 Å². The van der Waals surface area contributed by atoms with E-state index in [1.54, 1.807) is 0 Å². The van der Waals surface area contributed by atoms with Crippen LogP contribution in [0.1, 0.15) is 32.6 Å². The van der Waals surface area contributed by atoms with Gasteiger partial charge in [0.25, 0.3) is 0 Å². The minimum Gasteiger partial charge on any atom is -0.392 e. The second-order valence-corrected chi connectivity index (χ2v) is 5.57. The largest absolute Gasteiger partial charge is 0.392 e. The van der Waals surface area contributed by atoms with Crippen molar-refractivity contribution < 1.29 is 9.84 Å². The smallest absolute Gasteiger partial charge is 0.0728 e. The highest BCUT2D eigenvalue weighted by molar-refractivity contribution is 4.91. The molecular formula is C13H22N2O2. The molecule has 1 saturated heterocycles. The first-order chi connectivity index (χ1) is 8.17. The second-order valence-electron chi connectivity index (χ2n) is 5.57. The van der Waals surface area contributed by atoms with Crippen molar-refractivity contribution >= 4 is 0 Å². The number of hydrogen-bond donors (Lipinski definition) is 2. The van der Waals surface area contributed by atoms with E-state index in [2.05, 4.69) is 18.3 Å². The van der Waals surface area contributed by atoms with E-state index in [1.165, 1.54) is 0 Å². The molecule has 4 heteroatoms. The van der Waals surface area contributed by atoms with E-state index in [0.717, 1.165) is 32.2 Å². The average Bonchev–Trinajstić information content (AvgIpc) is 2.28. The number of β-amino-alcohol motifs (C(OH)–C–C–N with tert-alkyl or cyclic N) is 1. The van der Waals surface area contributed by atoms with Crippen molar-refractivity contribution in [3.8, 4) is 6.07 Å². The van der Waals surface area contributed by atoms with E-state index in [9.17, 15) is 5.11 Å². The molecule has 2 rings (SSSR count). The standard InChI is InChI=1S/C13H22N2O2/c1-9-2-10(6-14)4-12(3-9)17-13-5-11(16)7-15-8-13/h9-13,15-16H,2-5,7-8H2,1H3. The van der Waals surface area contributed by atoms with Crippen molar-refractivity contribution in [1.29, 1.82) is 5.26 Å². The highest BCUT2D eigenvalue weighted by Crippen LogP contribution is 2.31. The average molecular weight is 238 g/mol. The number of ether oxygens (including phenoxy) is 1. The highest BCUT2D eigenvalue weighted by Gasteiger charge is 2.30. The van der Waals surface area contributed by atoms with E-state index in [4.69, 9.17) is 10.00 Å². The van der Waals surface area contributed by atoms with Gasteiger partial charge in [0, 0.05) is 25.4 Å². The first-order valence-corrected chi connectivity index (χ1v) is 6.61. The molecule has 2 aliphatic rings. The molecular weight excluding hydrogens is 216 g/mol. The van der Waals surface area contributed by atoms with Crippen LogP contribution in [-0.2, 0) is 4.74 Å². The number of nitriles is 1. The minimum absolute atomic E-state index is 0.105. The van der Waals surface area contributed by atoms with Gasteiger partial charge in [-0.2, -0.15) is 5.26 Å². The number of nitrogens with one attached hydrogen (secondary N) is 1. The van der Waals surface area contributed by atoms with E-state index in [-0.39, 0.29) is 24.2 Å². The molecule has 0 bridgehead atoms. The number of hydrogen-bond acceptors (Lipinski definition) is 4. The first-order valence-electron chi connectivity index (χ1n) is 6.61. The Balaban J connectivity index is 1.83. The molecule has 96 valence electrons. The van der Waals surface area contributed by atoms with Crippen molar-refractivity contribution in [1.82, 2.24) is 5.32 Å². The molecule has 5 atom stereocenters. The summed E-state index contributed by atoms with van der Waals surface area (Å²) in [5, 5.41) is 21.8. The molecule has 1 saturated carbocycles. The third kappa shape index (κ3) is 3.67. The summed E-state index contributed by atoms with van der Waals surface area (Å²) >= 11 is 0. The van der Waals surface area contributed by atoms with Gasteiger partial charge in [-0.05, 0) is 25.2 Å². The molecule has 17 heavy (non-hydrogen) atoms. The molecule has 0 aromatic carbocycles. The Morgan fingerprint density at radius 3 is 2.71 bits per heavy atom. The number of nitrogens with zero attached hydrogens (tertiary/aromatic N) is 1. The molecule has 0 aromatic heterocycles. The van der Waals surface area contributed by atoms with Gasteiger partial charge in [-0.15, -0.1) is 0 Å². The predicted octanol–water partition coefficient (Wildman–Crippen LogP) is 1.05. The van der Waals surface area contributed by atoms with Crippen molar-refractivity contribution in [2.75, 3.05) is 13.1 Å². The highest BCUT2D eigenvalue weighted by atomic mass is 16.5. The Labute approximate surface area is 103 Å². The predicted molar refractivity (Wildman–Crippen MR) is 64.3 cm³/mol. The van der Waals surface area contributed by atoms with Gasteiger partial charge in [0.15, 0.2) is 0 Å². The van der Waals surface area contributed by atoms with Crippen LogP contribution in [-0.4, -0.2) is 36.5 Å². The summed E-state index contributed by atoms with van der Waals surface area (Å²) in [7, 11) is 0. The van der Waals surface area contributed by atoms with Crippen LogP contribution in [0.25, 0.3) is 0 Å². The normalized spacial score (nSPS) is 43.0. The maximum absolute atomic E-state index is 9.56. The molecule has 1 aliphatic heterocycles. The van der Waals surface area contributed by atoms with Crippen molar-refractivity contribution in [3.63, 3.8) is 0 Å². The van der Waals surface area contributed by atoms with Gasteiger partial charge in [-0.25, -0.2) is 0 Å². The summed E-state index contributed by atoms with van der Waals surface area (Å²) in [6.07, 6.45) is 3.63. The number of aliphatic hydroxyl groups is 1. The Bertz CT molecular complexity index is 290. The lowest BCUT2D eigenvalue weighted by Gasteiger charge is -2.35. The zero-order chi connectivity index (χ0) is 12.3. The fourth-order valence-electron chi connectivity index (χ4n) is 3.01. The van der Waals surface area contributed by atoms with Crippen LogP contribution in [0.3, 0.4) is 0 Å². The zero-order valence-corrected chi connectivity index (χ0v) is 10.4. The summed E-state index contributed by atoms with van der Waals surface area (Å²) in [5.74, 6) is 0.713. The van der Waals surface area contributed by atoms with E-state index >= 15 is 0 Å². The lowest BCUT2D eigenvalue weighted by Crippen LogP contribution is -2.45. The molecule has 2 N–H and O–H groups in total. The van der Waals surface area contributed by atoms with Gasteiger partial charge in [0.05, 0.1) is 24.4 Å². The maximum atomic E-state index is 9.56. The summed E-state index contributed by atoms with van der Waals surface area (Å²) in [4.78, 5) is 0. The fraction of sp³-hybridized carbons (Fsp3) is 0.923. The monoisotopic (exact) mass is 238 g/mol. The lowest BCUT2D eigenvalue weighted by molar-refractivity contribution is -0.0714. The van der Waals surface area contributed by atoms with Crippen LogP contribution in [0, 0.1) is 23.2 Å². The van der Waals surface area contributed by atoms with E-state index < -0.39 is 0 Å². The van der Waals surface area contributed by atoms with Gasteiger partial charge in [-0.3, -0.25) is 0 Å². The van der Waals surface area contributed by atoms with Crippen LogP contribution in [0.2, 0.25) is 0 Å². The summed E-state index contributed by atoms with van der Waals surface area (Å²) in [6.45, 7) is 3.68. The van der Waals surface area contributed by atoms with Gasteiger partial charge >= 0.3 is 0 Å². The molecule has 5 unspecified atom stereocenters. The maximum Gasteiger partial charge on any atom is 0.0728 e. The van der Waals surface area contributed by atoms with Crippen LogP contribution >= 0.6 is 0 Å². The summed E-state index contributed by atoms with van der Waals surface area (Å²) in [6, 6.07) is 2.37. The molecule has 0 radical (unpaired) electrons. The SMILES string of the molecule is CC1CC(C#N)CC(OC2CNCC(O)C2)C1. The third-order valence-electron chi connectivity index (χ3n) is 3.75. The van der Waals surface area contributed by atoms with Crippen LogP contribution in [0.4, 0.5) is 0 Å². The van der Waals surface area contributed by atoms with Crippen molar-refractivity contribution in [2.45, 2.75) is 50.9 Å². The third-order valence-corrected chi connectivity index (χ3v) is 3.75. The molecule has 1 heterocycles. The quantitative estimate of drug-likeness (QED) is 0.755. The fourth-order valence-corrected chi connectivity index (χ4v) is 3.01. The van der Waals surface area contributed by atoms with Gasteiger partial charge in [0.1, 0.15) is 0 Å². The van der Waals surface area contributed by atoms with E-state index in [0.29, 0.717) is 12.5 Å². The van der Waals surface area contributed by atoms with Crippen LogP contribution in [0.15, 0.2) is 0 Å². The molecule has 0 spiro atoms. The topological polar surface area (TPSA) is 65.3 Å². The van der Waals surface area contributed by atoms with Gasteiger partial charge in [-0.1, -0.05) is 6.92 Å². The van der Waals surface area contributed by atoms with Crippen molar-refractivity contribution in [3.05, 3.63) is 0 Å². The van der Waals surface area contributed by atoms with Crippen LogP contribution < -0.4 is 5.32 Å². The zero-order valence-electron chi connectivity index (χ0n) is 10.4. The van der Waals surface area contributed by atoms with Gasteiger partial charge in [0.2, 0.25) is 0 Å². The number of rotatable bonds is 2. The summed E-state index contributed by atoms with van der Waals surface area (Å²) in [5.41, 5.74) is 0. The molecule has 1 aliphatic carbocycles. The Hall–Kier alpha value is -0.630. The molecule has 2 fully saturated rings. The number of aliphatic hydroxyl groups excluding tert-OH is 1. The first kappa shape index (κ1) is 12.8. The summed E-state index contributed by atoms with van der Waals surface area (Å²) < 4.78 is 6.03. The number of piperidine rings is 1. The minimum atomic E-state index is -0.290. The van der Waals surface area contributed by atoms with Gasteiger partial charge < -0.3 is 15.2 Å². The second kappa shape index (κ2) is 5.81. The lowest BCUT2D eigenvalue weighted by atomic mass is 9.81. The molecule has 4 nitrogen and oxygen atoms in total. The Morgan fingerprint density at radius 1 is 1.18 bits per heavy atom. The Morgan fingerprint density at radius 2 is 2.00 bits per heavy atom. The Kier molecular flexibility index (Phi) is 4.38. The molecule has 0 amide bonds. The van der Waals surface area contributed by atoms with Crippen LogP contribution in [0.5, 0.6) is 0 Å². The molecule has 0 aromatic rings. The van der Waals surface area contributed by atoms with Crippen molar-refractivity contribution in [2.24, 2.45) is 11.8 Å².